The van der Waals surface area contributed by atoms with Crippen molar-refractivity contribution in [2.75, 3.05) is 0 Å². The van der Waals surface area contributed by atoms with Crippen molar-refractivity contribution in [2.45, 2.75) is 44.9 Å². The molecule has 2 aliphatic carbocycles. The molecule has 0 aromatic carbocycles. The first-order valence-corrected chi connectivity index (χ1v) is 5.01. The number of halogens is 1. The molecule has 2 bridgehead atoms. The molecule has 0 amide bonds. The van der Waals surface area contributed by atoms with Crippen LogP contribution in [0.2, 0.25) is 0 Å². The molecular formula is C10H17Cl. The fraction of sp³-hybridized carbons (Fsp3) is 1.00. The monoisotopic (exact) mass is 172 g/mol. The Bertz CT molecular complexity index is 181. The standard InChI is InChI=1S/C10H17Cl/c1-9(2)7-4-5-8(9)10(3,11)6-7/h7-8H,4-6H2,1-3H3/t7-,8-,10-/m1/s1. The van der Waals surface area contributed by atoms with Crippen LogP contribution in [0.3, 0.4) is 0 Å². The van der Waals surface area contributed by atoms with Crippen LogP contribution >= 0.6 is 11.6 Å². The molecule has 0 nitrogen and oxygen atoms in total. The zero-order valence-electron chi connectivity index (χ0n) is 7.65. The van der Waals surface area contributed by atoms with Crippen LogP contribution in [0.25, 0.3) is 0 Å². The molecule has 1 heteroatoms. The average Bonchev–Trinajstić information content (AvgIpc) is 2.15. The molecule has 0 aromatic heterocycles. The molecule has 0 N–H and O–H groups in total. The summed E-state index contributed by atoms with van der Waals surface area (Å²) in [5.41, 5.74) is 0.524. The van der Waals surface area contributed by atoms with E-state index in [0.29, 0.717) is 5.41 Å². The van der Waals surface area contributed by atoms with E-state index in [1.165, 1.54) is 19.3 Å². The molecule has 2 aliphatic rings. The van der Waals surface area contributed by atoms with Crippen LogP contribution in [0.1, 0.15) is 40.0 Å². The molecule has 11 heavy (non-hydrogen) atoms. The summed E-state index contributed by atoms with van der Waals surface area (Å²) < 4.78 is 0. The van der Waals surface area contributed by atoms with Crippen molar-refractivity contribution in [2.24, 2.45) is 17.3 Å². The predicted molar refractivity (Wildman–Crippen MR) is 48.9 cm³/mol. The largest absolute Gasteiger partial charge is 0.119 e. The third-order valence-electron chi connectivity index (χ3n) is 4.13. The van der Waals surface area contributed by atoms with E-state index in [4.69, 9.17) is 11.6 Å². The highest BCUT2D eigenvalue weighted by atomic mass is 35.5. The second kappa shape index (κ2) is 1.96. The van der Waals surface area contributed by atoms with Crippen LogP contribution in [0, 0.1) is 17.3 Å². The van der Waals surface area contributed by atoms with Gasteiger partial charge in [-0.15, -0.1) is 11.6 Å². The van der Waals surface area contributed by atoms with E-state index < -0.39 is 0 Å². The molecule has 2 fully saturated rings. The molecule has 0 unspecified atom stereocenters. The highest BCUT2D eigenvalue weighted by Gasteiger charge is 2.58. The van der Waals surface area contributed by atoms with E-state index in [2.05, 4.69) is 20.8 Å². The van der Waals surface area contributed by atoms with Gasteiger partial charge >= 0.3 is 0 Å². The molecule has 0 heterocycles. The minimum Gasteiger partial charge on any atom is -0.119 e. The maximum atomic E-state index is 6.45. The van der Waals surface area contributed by atoms with Crippen LogP contribution < -0.4 is 0 Å². The minimum absolute atomic E-state index is 0.117. The Hall–Kier alpha value is 0.290. The zero-order valence-corrected chi connectivity index (χ0v) is 8.41. The van der Waals surface area contributed by atoms with E-state index in [9.17, 15) is 0 Å². The van der Waals surface area contributed by atoms with Crippen LogP contribution in [0.4, 0.5) is 0 Å². The SMILES string of the molecule is CC1(C)[C@@H]2CC[C@H]1[C@](C)(Cl)C2. The van der Waals surface area contributed by atoms with Gasteiger partial charge in [0, 0.05) is 4.87 Å². The van der Waals surface area contributed by atoms with Gasteiger partial charge in [-0.1, -0.05) is 13.8 Å². The summed E-state index contributed by atoms with van der Waals surface area (Å²) in [4.78, 5) is 0.117. The number of hydrogen-bond acceptors (Lipinski definition) is 0. The van der Waals surface area contributed by atoms with Crippen molar-refractivity contribution in [1.82, 2.24) is 0 Å². The van der Waals surface area contributed by atoms with Gasteiger partial charge in [0.1, 0.15) is 0 Å². The molecule has 0 radical (unpaired) electrons. The van der Waals surface area contributed by atoms with Crippen molar-refractivity contribution < 1.29 is 0 Å². The first kappa shape index (κ1) is 7.91. The van der Waals surface area contributed by atoms with Crippen LogP contribution in [-0.4, -0.2) is 4.87 Å². The normalized spacial score (nSPS) is 53.5. The summed E-state index contributed by atoms with van der Waals surface area (Å²) in [6, 6.07) is 0. The van der Waals surface area contributed by atoms with Crippen molar-refractivity contribution >= 4 is 11.6 Å². The topological polar surface area (TPSA) is 0 Å². The Morgan fingerprint density at radius 3 is 2.00 bits per heavy atom. The number of alkyl halides is 1. The van der Waals surface area contributed by atoms with Crippen LogP contribution in [0.5, 0.6) is 0 Å². The Kier molecular flexibility index (Phi) is 1.41. The molecular weight excluding hydrogens is 156 g/mol. The van der Waals surface area contributed by atoms with E-state index in [1.54, 1.807) is 0 Å². The minimum atomic E-state index is 0.117. The average molecular weight is 173 g/mol. The summed E-state index contributed by atoms with van der Waals surface area (Å²) in [6.45, 7) is 7.01. The summed E-state index contributed by atoms with van der Waals surface area (Å²) in [6.07, 6.45) is 4.02. The van der Waals surface area contributed by atoms with Gasteiger partial charge in [-0.3, -0.25) is 0 Å². The maximum Gasteiger partial charge on any atom is 0.0454 e. The Morgan fingerprint density at radius 2 is 1.82 bits per heavy atom. The predicted octanol–water partition coefficient (Wildman–Crippen LogP) is 3.44. The maximum absolute atomic E-state index is 6.45. The summed E-state index contributed by atoms with van der Waals surface area (Å²) in [5, 5.41) is 0. The van der Waals surface area contributed by atoms with Crippen molar-refractivity contribution in [1.29, 1.82) is 0 Å². The lowest BCUT2D eigenvalue weighted by molar-refractivity contribution is 0.248. The van der Waals surface area contributed by atoms with Gasteiger partial charge in [0.2, 0.25) is 0 Å². The van der Waals surface area contributed by atoms with Gasteiger partial charge in [-0.2, -0.15) is 0 Å². The molecule has 3 atom stereocenters. The molecule has 2 saturated carbocycles. The van der Waals surface area contributed by atoms with Gasteiger partial charge in [0.05, 0.1) is 0 Å². The molecule has 64 valence electrons. The van der Waals surface area contributed by atoms with Gasteiger partial charge in [-0.05, 0) is 43.4 Å². The summed E-state index contributed by atoms with van der Waals surface area (Å²) >= 11 is 6.45. The smallest absolute Gasteiger partial charge is 0.0454 e. The zero-order chi connectivity index (χ0) is 8.28. The van der Waals surface area contributed by atoms with Gasteiger partial charge < -0.3 is 0 Å². The van der Waals surface area contributed by atoms with E-state index in [0.717, 1.165) is 11.8 Å². The summed E-state index contributed by atoms with van der Waals surface area (Å²) in [7, 11) is 0. The van der Waals surface area contributed by atoms with Crippen LogP contribution in [-0.2, 0) is 0 Å². The molecule has 2 rings (SSSR count). The first-order chi connectivity index (χ1) is 4.94. The van der Waals surface area contributed by atoms with Crippen molar-refractivity contribution in [3.63, 3.8) is 0 Å². The Morgan fingerprint density at radius 1 is 1.18 bits per heavy atom. The van der Waals surface area contributed by atoms with Crippen LogP contribution in [0.15, 0.2) is 0 Å². The second-order valence-corrected chi connectivity index (χ2v) is 5.99. The molecule has 0 spiro atoms. The Balaban J connectivity index is 2.33. The first-order valence-electron chi connectivity index (χ1n) is 4.63. The lowest BCUT2D eigenvalue weighted by Gasteiger charge is -2.30. The fourth-order valence-corrected chi connectivity index (χ4v) is 4.04. The molecule has 0 aromatic rings. The number of hydrogen-bond donors (Lipinski definition) is 0. The highest BCUT2D eigenvalue weighted by Crippen LogP contribution is 2.63. The van der Waals surface area contributed by atoms with E-state index >= 15 is 0 Å². The number of rotatable bonds is 0. The molecule has 0 aliphatic heterocycles. The lowest BCUT2D eigenvalue weighted by Crippen LogP contribution is -2.28. The third-order valence-corrected chi connectivity index (χ3v) is 4.54. The van der Waals surface area contributed by atoms with Gasteiger partial charge in [0.15, 0.2) is 0 Å². The molecule has 0 saturated heterocycles. The highest BCUT2D eigenvalue weighted by molar-refractivity contribution is 6.24. The van der Waals surface area contributed by atoms with Crippen molar-refractivity contribution in [3.05, 3.63) is 0 Å². The van der Waals surface area contributed by atoms with Crippen molar-refractivity contribution in [3.8, 4) is 0 Å². The lowest BCUT2D eigenvalue weighted by atomic mass is 9.80. The quantitative estimate of drug-likeness (QED) is 0.491. The third kappa shape index (κ3) is 0.884. The van der Waals surface area contributed by atoms with E-state index in [1.807, 2.05) is 0 Å². The number of fused-ring (bicyclic) bond motifs is 2. The second-order valence-electron chi connectivity index (χ2n) is 5.13. The van der Waals surface area contributed by atoms with Gasteiger partial charge in [-0.25, -0.2) is 0 Å². The van der Waals surface area contributed by atoms with E-state index in [-0.39, 0.29) is 4.87 Å². The summed E-state index contributed by atoms with van der Waals surface area (Å²) in [5.74, 6) is 1.66. The Labute approximate surface area is 74.3 Å². The van der Waals surface area contributed by atoms with Gasteiger partial charge in [0.25, 0.3) is 0 Å². The fourth-order valence-electron chi connectivity index (χ4n) is 3.46.